The molecular weight excluding hydrogens is 731 g/mol. The minimum atomic E-state index is -1.46. The van der Waals surface area contributed by atoms with Gasteiger partial charge in [-0.05, 0) is 49.4 Å². The minimum absolute atomic E-state index is 0.113. The fourth-order valence-corrected chi connectivity index (χ4v) is 6.98. The summed E-state index contributed by atoms with van der Waals surface area (Å²) in [5.74, 6) is 0.813. The van der Waals surface area contributed by atoms with Gasteiger partial charge in [0.25, 0.3) is 0 Å². The molecule has 1 atom stereocenters. The average Bonchev–Trinajstić information content (AvgIpc) is 3.17. The van der Waals surface area contributed by atoms with Crippen molar-refractivity contribution in [2.75, 3.05) is 53.4 Å². The maximum Gasteiger partial charge on any atom is 0.411 e. The highest BCUT2D eigenvalue weighted by Crippen LogP contribution is 2.53. The highest BCUT2D eigenvalue weighted by Gasteiger charge is 2.33. The van der Waals surface area contributed by atoms with E-state index in [1.165, 1.54) is 21.3 Å². The number of amides is 1. The van der Waals surface area contributed by atoms with Gasteiger partial charge >= 0.3 is 6.09 Å². The predicted octanol–water partition coefficient (Wildman–Crippen LogP) is 9.88. The van der Waals surface area contributed by atoms with Crippen LogP contribution in [0.1, 0.15) is 46.5 Å². The second-order valence-corrected chi connectivity index (χ2v) is 20.5. The van der Waals surface area contributed by atoms with E-state index in [1.54, 1.807) is 13.8 Å². The third-order valence-corrected chi connectivity index (χ3v) is 10.8. The number of hydrogen-bond donors (Lipinski definition) is 1. The summed E-state index contributed by atoms with van der Waals surface area (Å²) in [5.41, 5.74) is 4.04. The molecule has 0 radical (unpaired) electrons. The Morgan fingerprint density at radius 2 is 1.38 bits per heavy atom. The molecule has 0 aliphatic rings. The van der Waals surface area contributed by atoms with Gasteiger partial charge in [-0.2, -0.15) is 0 Å². The van der Waals surface area contributed by atoms with Crippen molar-refractivity contribution in [3.63, 3.8) is 0 Å². The molecule has 4 rings (SSSR count). The number of carbonyl (C=O) groups is 2. The molecule has 0 saturated carbocycles. The van der Waals surface area contributed by atoms with Crippen molar-refractivity contribution in [2.45, 2.75) is 66.6 Å². The number of ether oxygens (including phenoxy) is 8. The highest BCUT2D eigenvalue weighted by atomic mass is 28.3. The molecule has 0 fully saturated rings. The van der Waals surface area contributed by atoms with E-state index in [2.05, 4.69) is 25.0 Å². The number of anilines is 1. The van der Waals surface area contributed by atoms with Crippen LogP contribution in [0.3, 0.4) is 0 Å². The summed E-state index contributed by atoms with van der Waals surface area (Å²) < 4.78 is 47.5. The first-order valence-corrected chi connectivity index (χ1v) is 22.4. The Labute approximate surface area is 332 Å². The van der Waals surface area contributed by atoms with E-state index in [9.17, 15) is 9.59 Å². The van der Waals surface area contributed by atoms with Crippen molar-refractivity contribution in [3.05, 3.63) is 100 Å². The van der Waals surface area contributed by atoms with Crippen LogP contribution in [0.4, 0.5) is 10.5 Å². The second-order valence-electron chi connectivity index (χ2n) is 14.9. The molecule has 4 aromatic rings. The topological polar surface area (TPSA) is 120 Å². The Bertz CT molecular complexity index is 1960. The zero-order valence-corrected chi connectivity index (χ0v) is 35.5. The Kier molecular flexibility index (Phi) is 16.3. The van der Waals surface area contributed by atoms with Gasteiger partial charge in [0, 0.05) is 31.7 Å². The van der Waals surface area contributed by atoms with Crippen LogP contribution in [0.15, 0.2) is 72.3 Å². The number of fused-ring (bicyclic) bond motifs is 1. The number of ketones is 1. The number of carbonyl (C=O) groups excluding carboxylic acids is 2. The van der Waals surface area contributed by atoms with Crippen molar-refractivity contribution in [1.82, 2.24) is 0 Å². The molecule has 302 valence electrons. The van der Waals surface area contributed by atoms with Crippen LogP contribution in [0.25, 0.3) is 10.8 Å². The molecule has 0 aliphatic heterocycles. The summed E-state index contributed by atoms with van der Waals surface area (Å²) in [5, 5.41) is 3.73. The monoisotopic (exact) mass is 787 g/mol. The maximum atomic E-state index is 14.8. The number of nitrogens with one attached hydrogen (secondary N) is 1. The van der Waals surface area contributed by atoms with Gasteiger partial charge in [0.2, 0.25) is 0 Å². The summed E-state index contributed by atoms with van der Waals surface area (Å²) in [7, 11) is 3.07. The third-order valence-electron chi connectivity index (χ3n) is 9.08. The van der Waals surface area contributed by atoms with Gasteiger partial charge in [-0.25, -0.2) is 4.79 Å². The molecule has 1 N–H and O–H groups in total. The average molecular weight is 788 g/mol. The van der Waals surface area contributed by atoms with Gasteiger partial charge in [-0.1, -0.05) is 93.3 Å². The van der Waals surface area contributed by atoms with Crippen LogP contribution in [-0.4, -0.2) is 68.1 Å². The SMILES string of the molecule is COCOc1c(C)c(OCc2ccccc2)c2c(OC)c(NC(=O)OCC[Si](C)(C)C)c(C)c(OC)c2c1C(=O)/C(C)=C/[C@H](C)COCOCc1ccccc1. The summed E-state index contributed by atoms with van der Waals surface area (Å²) in [4.78, 5) is 28.1. The molecule has 4 aromatic carbocycles. The summed E-state index contributed by atoms with van der Waals surface area (Å²) in [6, 6.07) is 20.4. The van der Waals surface area contributed by atoms with Crippen molar-refractivity contribution in [1.29, 1.82) is 0 Å². The summed E-state index contributed by atoms with van der Waals surface area (Å²) in [6.07, 6.45) is 1.23. The first kappa shape index (κ1) is 43.8. The molecule has 0 bridgehead atoms. The Hall–Kier alpha value is -4.88. The van der Waals surface area contributed by atoms with E-state index < -0.39 is 14.2 Å². The molecule has 11 nitrogen and oxygen atoms in total. The van der Waals surface area contributed by atoms with E-state index in [0.29, 0.717) is 57.9 Å². The van der Waals surface area contributed by atoms with Gasteiger partial charge in [-0.15, -0.1) is 0 Å². The number of methoxy groups -OCH3 is 3. The largest absolute Gasteiger partial charge is 0.496 e. The molecule has 0 heterocycles. The fraction of sp³-hybridized carbons (Fsp3) is 0.409. The first-order valence-electron chi connectivity index (χ1n) is 18.7. The van der Waals surface area contributed by atoms with Crippen molar-refractivity contribution in [2.24, 2.45) is 5.92 Å². The molecule has 0 aliphatic carbocycles. The maximum absolute atomic E-state index is 14.8. The van der Waals surface area contributed by atoms with Crippen LogP contribution < -0.4 is 24.3 Å². The number of benzene rings is 4. The lowest BCUT2D eigenvalue weighted by atomic mass is 9.89. The highest BCUT2D eigenvalue weighted by molar-refractivity contribution is 6.76. The fourth-order valence-electron chi connectivity index (χ4n) is 6.27. The predicted molar refractivity (Wildman–Crippen MR) is 222 cm³/mol. The summed E-state index contributed by atoms with van der Waals surface area (Å²) >= 11 is 0. The lowest BCUT2D eigenvalue weighted by Gasteiger charge is -2.26. The van der Waals surface area contributed by atoms with Crippen LogP contribution in [-0.2, 0) is 32.2 Å². The molecule has 0 spiro atoms. The van der Waals surface area contributed by atoms with Gasteiger partial charge in [0.05, 0.1) is 50.7 Å². The molecule has 12 heteroatoms. The molecule has 0 aromatic heterocycles. The van der Waals surface area contributed by atoms with Gasteiger partial charge in [0.15, 0.2) is 18.3 Å². The Balaban J connectivity index is 1.83. The van der Waals surface area contributed by atoms with Crippen molar-refractivity contribution < 1.29 is 47.5 Å². The van der Waals surface area contributed by atoms with E-state index in [0.717, 1.165) is 17.2 Å². The van der Waals surface area contributed by atoms with Crippen LogP contribution >= 0.6 is 0 Å². The number of hydrogen-bond acceptors (Lipinski definition) is 10. The number of rotatable bonds is 21. The number of allylic oxidation sites excluding steroid dienone is 1. The standard InChI is InChI=1S/C44H57NO10Si/c1-29(24-51-28-52-25-33-17-13-11-14-18-33)23-30(2)39(46)36-35-37(42(32(4)41(36)55-27-48-5)54-26-34-19-15-12-16-20-34)43(50-7)38(31(3)40(35)49-6)45-44(47)53-21-22-56(8,9)10/h11-20,23,29H,21-22,24-28H2,1-10H3,(H,45,47)/b30-23+/t29-/m0/s1. The van der Waals surface area contributed by atoms with Crippen LogP contribution in [0.5, 0.6) is 23.0 Å². The summed E-state index contributed by atoms with van der Waals surface area (Å²) in [6.45, 7) is 15.2. The normalized spacial score (nSPS) is 12.3. The number of Topliss-reactive ketones (excluding diaryl/α,β-unsaturated/α-hetero) is 1. The minimum Gasteiger partial charge on any atom is -0.496 e. The van der Waals surface area contributed by atoms with Crippen LogP contribution in [0, 0.1) is 19.8 Å². The Morgan fingerprint density at radius 3 is 1.96 bits per heavy atom. The molecule has 0 unspecified atom stereocenters. The van der Waals surface area contributed by atoms with E-state index in [-0.39, 0.29) is 55.6 Å². The van der Waals surface area contributed by atoms with Gasteiger partial charge < -0.3 is 37.9 Å². The molecule has 0 saturated heterocycles. The smallest absolute Gasteiger partial charge is 0.411 e. The van der Waals surface area contributed by atoms with Crippen LogP contribution in [0.2, 0.25) is 25.7 Å². The van der Waals surface area contributed by atoms with Crippen molar-refractivity contribution in [3.8, 4) is 23.0 Å². The Morgan fingerprint density at radius 1 is 0.750 bits per heavy atom. The molecule has 1 amide bonds. The van der Waals surface area contributed by atoms with Gasteiger partial charge in [0.1, 0.15) is 30.6 Å². The zero-order valence-electron chi connectivity index (χ0n) is 34.5. The quantitative estimate of drug-likeness (QED) is 0.0287. The first-order chi connectivity index (χ1) is 26.8. The van der Waals surface area contributed by atoms with E-state index in [1.807, 2.05) is 80.6 Å². The van der Waals surface area contributed by atoms with Crippen molar-refractivity contribution >= 4 is 36.4 Å². The zero-order chi connectivity index (χ0) is 40.8. The lowest BCUT2D eigenvalue weighted by Crippen LogP contribution is -2.24. The third kappa shape index (κ3) is 11.6. The molecular formula is C44H57NO10Si. The second kappa shape index (κ2) is 20.9. The van der Waals surface area contributed by atoms with Gasteiger partial charge in [-0.3, -0.25) is 10.1 Å². The molecule has 56 heavy (non-hydrogen) atoms. The van der Waals surface area contributed by atoms with E-state index >= 15 is 0 Å². The van der Waals surface area contributed by atoms with E-state index in [4.69, 9.17) is 37.9 Å². The lowest BCUT2D eigenvalue weighted by molar-refractivity contribution is -0.0668.